The first-order valence-electron chi connectivity index (χ1n) is 12.7. The molecule has 3 rings (SSSR count). The van der Waals surface area contributed by atoms with Crippen molar-refractivity contribution in [1.29, 1.82) is 0 Å². The second-order valence-electron chi connectivity index (χ2n) is 8.62. The Morgan fingerprint density at radius 3 is 2.45 bits per heavy atom. The summed E-state index contributed by atoms with van der Waals surface area (Å²) in [6, 6.07) is 21.6. The first-order valence-corrected chi connectivity index (χ1v) is 14.0. The molecule has 0 aromatic heterocycles. The van der Waals surface area contributed by atoms with Crippen LogP contribution < -0.4 is 21.1 Å². The number of ether oxygens (including phenoxy) is 3. The van der Waals surface area contributed by atoms with Gasteiger partial charge in [-0.05, 0) is 67.6 Å². The van der Waals surface area contributed by atoms with E-state index in [1.165, 1.54) is 13.2 Å². The van der Waals surface area contributed by atoms with Crippen LogP contribution in [0.15, 0.2) is 89.8 Å². The molecule has 0 radical (unpaired) electrons. The summed E-state index contributed by atoms with van der Waals surface area (Å²) < 4.78 is 17.4. The largest absolute Gasteiger partial charge is 0.491 e. The Morgan fingerprint density at radius 1 is 1.02 bits per heavy atom. The molecule has 0 saturated heterocycles. The predicted octanol–water partition coefficient (Wildman–Crippen LogP) is 5.64. The highest BCUT2D eigenvalue weighted by atomic mass is 32.2. The summed E-state index contributed by atoms with van der Waals surface area (Å²) in [4.78, 5) is 26.4. The van der Waals surface area contributed by atoms with Gasteiger partial charge in [0.15, 0.2) is 6.10 Å². The number of carbonyl (C=O) groups is 2. The van der Waals surface area contributed by atoms with Gasteiger partial charge in [0.2, 0.25) is 5.91 Å². The molecule has 3 aromatic rings. The number of hydrogen-bond acceptors (Lipinski definition) is 8. The van der Waals surface area contributed by atoms with Crippen LogP contribution in [-0.4, -0.2) is 49.8 Å². The number of allylic oxidation sites excluding steroid dienone is 1. The SMILES string of the molecule is CO[C@H](CC/C=C/C(=O)Nc1ccccc1N)[C@H](OC(=O)Nc1ccc(SC)cc1)c1ccccc1OCCO. The van der Waals surface area contributed by atoms with Crippen molar-refractivity contribution < 1.29 is 28.9 Å². The van der Waals surface area contributed by atoms with Crippen molar-refractivity contribution >= 4 is 40.8 Å². The van der Waals surface area contributed by atoms with Crippen LogP contribution in [0.5, 0.6) is 5.75 Å². The number of thioether (sulfide) groups is 1. The maximum atomic E-state index is 13.0. The third-order valence-corrected chi connectivity index (χ3v) is 6.63. The molecule has 9 nitrogen and oxygen atoms in total. The predicted molar refractivity (Wildman–Crippen MR) is 159 cm³/mol. The molecular weight excluding hydrogens is 530 g/mol. The maximum Gasteiger partial charge on any atom is 0.412 e. The molecule has 0 heterocycles. The zero-order valence-corrected chi connectivity index (χ0v) is 23.4. The monoisotopic (exact) mass is 565 g/mol. The van der Waals surface area contributed by atoms with Crippen LogP contribution in [0.1, 0.15) is 24.5 Å². The van der Waals surface area contributed by atoms with Crippen LogP contribution in [0.4, 0.5) is 21.9 Å². The summed E-state index contributed by atoms with van der Waals surface area (Å²) in [6.45, 7) is -0.0826. The second-order valence-corrected chi connectivity index (χ2v) is 9.50. The molecule has 5 N–H and O–H groups in total. The zero-order valence-electron chi connectivity index (χ0n) is 22.5. The van der Waals surface area contributed by atoms with E-state index in [9.17, 15) is 14.7 Å². The van der Waals surface area contributed by atoms with Gasteiger partial charge >= 0.3 is 6.09 Å². The van der Waals surface area contributed by atoms with Gasteiger partial charge in [-0.3, -0.25) is 10.1 Å². The van der Waals surface area contributed by atoms with Crippen molar-refractivity contribution in [2.45, 2.75) is 29.9 Å². The Hall–Kier alpha value is -3.99. The Labute approximate surface area is 238 Å². The lowest BCUT2D eigenvalue weighted by molar-refractivity contribution is -0.111. The molecule has 0 fully saturated rings. The van der Waals surface area contributed by atoms with Gasteiger partial charge in [-0.1, -0.05) is 36.4 Å². The molecule has 3 aromatic carbocycles. The molecule has 0 saturated carbocycles. The summed E-state index contributed by atoms with van der Waals surface area (Å²) in [6.07, 6.45) is 3.96. The minimum absolute atomic E-state index is 0.0825. The number of aliphatic hydroxyl groups excluding tert-OH is 1. The number of carbonyl (C=O) groups excluding carboxylic acids is 2. The maximum absolute atomic E-state index is 13.0. The summed E-state index contributed by atoms with van der Waals surface area (Å²) in [5.41, 5.74) is 8.08. The number of anilines is 3. The van der Waals surface area contributed by atoms with E-state index in [0.29, 0.717) is 41.2 Å². The molecule has 212 valence electrons. The van der Waals surface area contributed by atoms with Crippen LogP contribution in [0.3, 0.4) is 0 Å². The molecule has 0 bridgehead atoms. The molecule has 40 heavy (non-hydrogen) atoms. The van der Waals surface area contributed by atoms with E-state index in [2.05, 4.69) is 10.6 Å². The van der Waals surface area contributed by atoms with Crippen molar-refractivity contribution in [3.63, 3.8) is 0 Å². The number of aliphatic hydroxyl groups is 1. The Balaban J connectivity index is 1.73. The minimum atomic E-state index is -0.836. The fourth-order valence-electron chi connectivity index (χ4n) is 3.91. The number of benzene rings is 3. The second kappa shape index (κ2) is 16.2. The fraction of sp³-hybridized carbons (Fsp3) is 0.267. The summed E-state index contributed by atoms with van der Waals surface area (Å²) in [5.74, 6) is 0.158. The third kappa shape index (κ3) is 9.33. The van der Waals surface area contributed by atoms with E-state index in [1.807, 2.05) is 24.5 Å². The summed E-state index contributed by atoms with van der Waals surface area (Å²) in [7, 11) is 1.53. The van der Waals surface area contributed by atoms with E-state index in [1.54, 1.807) is 72.4 Å². The average molecular weight is 566 g/mol. The number of methoxy groups -OCH3 is 1. The van der Waals surface area contributed by atoms with Gasteiger partial charge in [-0.25, -0.2) is 4.79 Å². The highest BCUT2D eigenvalue weighted by Crippen LogP contribution is 2.34. The Kier molecular flexibility index (Phi) is 12.4. The normalized spacial score (nSPS) is 12.5. The number of para-hydroxylation sites is 3. The lowest BCUT2D eigenvalue weighted by atomic mass is 9.99. The van der Waals surface area contributed by atoms with Gasteiger partial charge in [-0.2, -0.15) is 0 Å². The van der Waals surface area contributed by atoms with E-state index in [4.69, 9.17) is 19.9 Å². The van der Waals surface area contributed by atoms with E-state index in [-0.39, 0.29) is 19.1 Å². The van der Waals surface area contributed by atoms with Crippen molar-refractivity contribution in [2.75, 3.05) is 42.9 Å². The van der Waals surface area contributed by atoms with Gasteiger partial charge in [0.05, 0.1) is 24.1 Å². The molecular formula is C30H35N3O6S. The quantitative estimate of drug-likeness (QED) is 0.112. The summed E-state index contributed by atoms with van der Waals surface area (Å²) >= 11 is 1.60. The number of amides is 2. The molecule has 2 atom stereocenters. The number of rotatable bonds is 14. The topological polar surface area (TPSA) is 132 Å². The van der Waals surface area contributed by atoms with Crippen LogP contribution in [0, 0.1) is 0 Å². The molecule has 0 unspecified atom stereocenters. The zero-order chi connectivity index (χ0) is 28.7. The van der Waals surface area contributed by atoms with Gasteiger partial charge < -0.3 is 30.4 Å². The highest BCUT2D eigenvalue weighted by molar-refractivity contribution is 7.98. The number of nitrogens with one attached hydrogen (secondary N) is 2. The van der Waals surface area contributed by atoms with Gasteiger partial charge in [-0.15, -0.1) is 11.8 Å². The van der Waals surface area contributed by atoms with E-state index >= 15 is 0 Å². The lowest BCUT2D eigenvalue weighted by Crippen LogP contribution is -2.28. The molecule has 0 aliphatic heterocycles. The fourth-order valence-corrected chi connectivity index (χ4v) is 4.32. The van der Waals surface area contributed by atoms with Gasteiger partial charge in [0.25, 0.3) is 0 Å². The van der Waals surface area contributed by atoms with Crippen molar-refractivity contribution in [3.8, 4) is 5.75 Å². The van der Waals surface area contributed by atoms with Crippen molar-refractivity contribution in [2.24, 2.45) is 0 Å². The lowest BCUT2D eigenvalue weighted by Gasteiger charge is -2.27. The Morgan fingerprint density at radius 2 is 1.75 bits per heavy atom. The Bertz CT molecular complexity index is 1270. The van der Waals surface area contributed by atoms with Crippen molar-refractivity contribution in [1.82, 2.24) is 0 Å². The van der Waals surface area contributed by atoms with E-state index in [0.717, 1.165) is 4.90 Å². The molecule has 0 aliphatic carbocycles. The molecule has 0 aliphatic rings. The van der Waals surface area contributed by atoms with E-state index < -0.39 is 18.3 Å². The van der Waals surface area contributed by atoms with Gasteiger partial charge in [0.1, 0.15) is 12.4 Å². The summed E-state index contributed by atoms with van der Waals surface area (Å²) in [5, 5.41) is 14.8. The number of nitrogens with two attached hydrogens (primary N) is 1. The first-order chi connectivity index (χ1) is 19.4. The highest BCUT2D eigenvalue weighted by Gasteiger charge is 2.29. The van der Waals surface area contributed by atoms with Crippen molar-refractivity contribution in [3.05, 3.63) is 90.5 Å². The smallest absolute Gasteiger partial charge is 0.412 e. The van der Waals surface area contributed by atoms with Gasteiger partial charge in [0, 0.05) is 23.3 Å². The number of nitrogen functional groups attached to an aromatic ring is 1. The molecule has 10 heteroatoms. The number of hydrogen-bond donors (Lipinski definition) is 4. The first kappa shape index (κ1) is 30.6. The van der Waals surface area contributed by atoms with Crippen LogP contribution in [0.2, 0.25) is 0 Å². The standard InChI is InChI=1S/C30H35N3O6S/c1-37-27(13-7-8-14-28(35)33-25-11-5-4-10-24(25)31)29(23-9-3-6-12-26(23)38-20-19-34)39-30(36)32-21-15-17-22(40-2)18-16-21/h3-6,8-12,14-18,27,29,34H,7,13,19-20,31H2,1-2H3,(H,32,36)(H,33,35)/b14-8+/t27-,29-/m1/s1. The van der Waals surface area contributed by atoms with Crippen LogP contribution in [0.25, 0.3) is 0 Å². The minimum Gasteiger partial charge on any atom is -0.491 e. The molecule has 2 amide bonds. The van der Waals surface area contributed by atoms with Crippen LogP contribution >= 0.6 is 11.8 Å². The third-order valence-electron chi connectivity index (χ3n) is 5.89. The van der Waals surface area contributed by atoms with Crippen LogP contribution in [-0.2, 0) is 14.3 Å². The molecule has 0 spiro atoms. The average Bonchev–Trinajstić information content (AvgIpc) is 2.97.